The Morgan fingerprint density at radius 2 is 1.71 bits per heavy atom. The highest BCUT2D eigenvalue weighted by Crippen LogP contribution is 2.25. The molecule has 0 amide bonds. The largest absolute Gasteiger partial charge is 0.308 e. The molecule has 0 aliphatic carbocycles. The smallest absolute Gasteiger partial charge is 0.243 e. The first-order chi connectivity index (χ1) is 14.8. The minimum absolute atomic E-state index is 0.0264. The van der Waals surface area contributed by atoms with E-state index in [1.165, 1.54) is 16.4 Å². The van der Waals surface area contributed by atoms with Crippen LogP contribution in [0, 0.1) is 0 Å². The van der Waals surface area contributed by atoms with Crippen molar-refractivity contribution in [2.24, 2.45) is 0 Å². The minimum Gasteiger partial charge on any atom is -0.308 e. The highest BCUT2D eigenvalue weighted by atomic mass is 35.5. The molecule has 6 nitrogen and oxygen atoms in total. The molecule has 1 heterocycles. The number of rotatable bonds is 9. The first kappa shape index (κ1) is 23.9. The lowest BCUT2D eigenvalue weighted by Gasteiger charge is -2.26. The average molecular weight is 464 g/mol. The summed E-state index contributed by atoms with van der Waals surface area (Å²) in [6.45, 7) is 1.84. The summed E-state index contributed by atoms with van der Waals surface area (Å²) in [6.07, 6.45) is 2.85. The normalized spacial score (nSPS) is 16.4. The Hall–Kier alpha value is -1.77. The van der Waals surface area contributed by atoms with E-state index in [4.69, 9.17) is 11.6 Å². The average Bonchev–Trinajstić information content (AvgIpc) is 2.78. The van der Waals surface area contributed by atoms with Gasteiger partial charge in [0, 0.05) is 36.3 Å². The number of halogens is 1. The number of nitrogens with one attached hydrogen (secondary N) is 1. The molecule has 0 radical (unpaired) electrons. The van der Waals surface area contributed by atoms with E-state index in [9.17, 15) is 13.2 Å². The van der Waals surface area contributed by atoms with E-state index in [0.717, 1.165) is 24.8 Å². The lowest BCUT2D eigenvalue weighted by atomic mass is 10.1. The number of sulfonamides is 1. The molecule has 0 spiro atoms. The molecule has 1 aliphatic heterocycles. The number of likely N-dealkylation sites (N-methyl/N-ethyl adjacent to an activating group) is 1. The molecule has 2 aromatic carbocycles. The van der Waals surface area contributed by atoms with Crippen LogP contribution in [0.5, 0.6) is 0 Å². The fourth-order valence-electron chi connectivity index (χ4n) is 3.81. The van der Waals surface area contributed by atoms with Gasteiger partial charge in [0.05, 0.1) is 11.4 Å². The van der Waals surface area contributed by atoms with E-state index in [2.05, 4.69) is 10.2 Å². The van der Waals surface area contributed by atoms with Gasteiger partial charge in [0.1, 0.15) is 0 Å². The number of hydrogen-bond acceptors (Lipinski definition) is 5. The maximum absolute atomic E-state index is 12.8. The van der Waals surface area contributed by atoms with E-state index in [0.29, 0.717) is 30.2 Å². The quantitative estimate of drug-likeness (QED) is 0.575. The predicted octanol–water partition coefficient (Wildman–Crippen LogP) is 3.59. The van der Waals surface area contributed by atoms with Gasteiger partial charge < -0.3 is 10.2 Å². The van der Waals surface area contributed by atoms with Gasteiger partial charge in [-0.25, -0.2) is 8.42 Å². The topological polar surface area (TPSA) is 69.7 Å². The Balaban J connectivity index is 1.60. The Labute approximate surface area is 190 Å². The molecule has 0 bridgehead atoms. The molecule has 1 unspecified atom stereocenters. The molecule has 1 atom stereocenters. The van der Waals surface area contributed by atoms with Crippen LogP contribution >= 0.6 is 11.6 Å². The molecule has 1 aliphatic rings. The van der Waals surface area contributed by atoms with Crippen LogP contribution in [0.2, 0.25) is 5.02 Å². The van der Waals surface area contributed by atoms with Crippen molar-refractivity contribution >= 4 is 27.4 Å². The lowest BCUT2D eigenvalue weighted by Crippen LogP contribution is -2.35. The molecule has 2 aromatic rings. The molecule has 31 heavy (non-hydrogen) atoms. The maximum atomic E-state index is 12.8. The van der Waals surface area contributed by atoms with Crippen molar-refractivity contribution in [3.05, 3.63) is 64.7 Å². The number of carbonyl (C=O) groups is 1. The Morgan fingerprint density at radius 1 is 1.06 bits per heavy atom. The molecule has 1 saturated heterocycles. The van der Waals surface area contributed by atoms with Crippen LogP contribution in [0.25, 0.3) is 0 Å². The summed E-state index contributed by atoms with van der Waals surface area (Å²) in [5.41, 5.74) is 1.49. The van der Waals surface area contributed by atoms with E-state index >= 15 is 0 Å². The molecule has 1 fully saturated rings. The molecular formula is C23H30ClN3O3S. The molecular weight excluding hydrogens is 434 g/mol. The van der Waals surface area contributed by atoms with Crippen LogP contribution in [-0.4, -0.2) is 63.7 Å². The number of ketones is 1. The van der Waals surface area contributed by atoms with Crippen LogP contribution in [0.4, 0.5) is 0 Å². The fourth-order valence-corrected chi connectivity index (χ4v) is 5.59. The number of nitrogens with zero attached hydrogens (tertiary/aromatic N) is 2. The fraction of sp³-hybridized carbons (Fsp3) is 0.435. The third-order valence-corrected chi connectivity index (χ3v) is 7.90. The van der Waals surface area contributed by atoms with Gasteiger partial charge in [0.2, 0.25) is 10.0 Å². The summed E-state index contributed by atoms with van der Waals surface area (Å²) in [6, 6.07) is 14.0. The van der Waals surface area contributed by atoms with Gasteiger partial charge in [-0.1, -0.05) is 48.4 Å². The molecule has 3 rings (SSSR count). The first-order valence-electron chi connectivity index (χ1n) is 10.6. The Morgan fingerprint density at radius 3 is 2.32 bits per heavy atom. The van der Waals surface area contributed by atoms with Gasteiger partial charge in [0.25, 0.3) is 0 Å². The zero-order chi connectivity index (χ0) is 22.4. The van der Waals surface area contributed by atoms with Crippen molar-refractivity contribution in [2.75, 3.05) is 40.3 Å². The van der Waals surface area contributed by atoms with Gasteiger partial charge in [-0.05, 0) is 50.7 Å². The summed E-state index contributed by atoms with van der Waals surface area (Å²) < 4.78 is 27.0. The van der Waals surface area contributed by atoms with Crippen molar-refractivity contribution in [1.82, 2.24) is 14.5 Å². The van der Waals surface area contributed by atoms with Crippen molar-refractivity contribution < 1.29 is 13.2 Å². The second-order valence-electron chi connectivity index (χ2n) is 8.04. The third kappa shape index (κ3) is 5.93. The zero-order valence-corrected chi connectivity index (χ0v) is 19.6. The molecule has 0 aromatic heterocycles. The summed E-state index contributed by atoms with van der Waals surface area (Å²) in [7, 11) is 0.454. The van der Waals surface area contributed by atoms with Crippen molar-refractivity contribution in [2.45, 2.75) is 30.2 Å². The van der Waals surface area contributed by atoms with Gasteiger partial charge in [-0.3, -0.25) is 4.79 Å². The van der Waals surface area contributed by atoms with Crippen LogP contribution < -0.4 is 5.32 Å². The van der Waals surface area contributed by atoms with Crippen molar-refractivity contribution in [3.8, 4) is 0 Å². The number of piperidine rings is 1. The molecule has 0 saturated carbocycles. The zero-order valence-electron chi connectivity index (χ0n) is 18.1. The van der Waals surface area contributed by atoms with Gasteiger partial charge in [0.15, 0.2) is 5.78 Å². The number of hydrogen-bond donors (Lipinski definition) is 1. The minimum atomic E-state index is -3.49. The summed E-state index contributed by atoms with van der Waals surface area (Å²) >= 11 is 6.33. The monoisotopic (exact) mass is 463 g/mol. The predicted molar refractivity (Wildman–Crippen MR) is 124 cm³/mol. The van der Waals surface area contributed by atoms with E-state index in [-0.39, 0.29) is 23.3 Å². The number of Topliss-reactive ketones (excluding diaryl/α,β-unsaturated/α-hetero) is 1. The number of carbonyl (C=O) groups excluding carboxylic acids is 1. The van der Waals surface area contributed by atoms with Crippen LogP contribution in [0.15, 0.2) is 53.4 Å². The highest BCUT2D eigenvalue weighted by Gasteiger charge is 2.26. The first-order valence-corrected chi connectivity index (χ1v) is 12.4. The van der Waals surface area contributed by atoms with E-state index in [1.54, 1.807) is 12.1 Å². The Kier molecular flexibility index (Phi) is 8.24. The van der Waals surface area contributed by atoms with Crippen molar-refractivity contribution in [1.29, 1.82) is 0 Å². The molecule has 1 N–H and O–H groups in total. The van der Waals surface area contributed by atoms with Crippen LogP contribution in [0.3, 0.4) is 0 Å². The van der Waals surface area contributed by atoms with E-state index in [1.807, 2.05) is 38.4 Å². The van der Waals surface area contributed by atoms with Crippen LogP contribution in [0.1, 0.15) is 41.2 Å². The van der Waals surface area contributed by atoms with Crippen LogP contribution in [-0.2, 0) is 10.0 Å². The molecule has 168 valence electrons. The summed E-state index contributed by atoms with van der Waals surface area (Å²) in [5, 5.41) is 3.91. The standard InChI is InChI=1S/C23H30ClN3O3S/c1-26(2)22(20-8-4-5-9-21(20)24)16-25-17-23(28)18-10-12-19(13-11-18)31(29,30)27-14-6-3-7-15-27/h4-5,8-13,22,25H,3,6-7,14-17H2,1-2H3. The van der Waals surface area contributed by atoms with E-state index < -0.39 is 10.0 Å². The maximum Gasteiger partial charge on any atom is 0.243 e. The third-order valence-electron chi connectivity index (χ3n) is 5.64. The second-order valence-corrected chi connectivity index (χ2v) is 10.4. The Bertz CT molecular complexity index is 987. The van der Waals surface area contributed by atoms with Gasteiger partial charge in [-0.15, -0.1) is 0 Å². The highest BCUT2D eigenvalue weighted by molar-refractivity contribution is 7.89. The van der Waals surface area contributed by atoms with Gasteiger partial charge in [-0.2, -0.15) is 4.31 Å². The lowest BCUT2D eigenvalue weighted by molar-refractivity contribution is 0.0988. The summed E-state index contributed by atoms with van der Waals surface area (Å²) in [5.74, 6) is -0.0846. The number of benzene rings is 2. The van der Waals surface area contributed by atoms with Crippen molar-refractivity contribution in [3.63, 3.8) is 0 Å². The van der Waals surface area contributed by atoms with Gasteiger partial charge >= 0.3 is 0 Å². The summed E-state index contributed by atoms with van der Waals surface area (Å²) in [4.78, 5) is 14.9. The SMILES string of the molecule is CN(C)C(CNCC(=O)c1ccc(S(=O)(=O)N2CCCCC2)cc1)c1ccccc1Cl. The molecule has 8 heteroatoms. The second kappa shape index (κ2) is 10.7.